The number of hydrogen-bond donors (Lipinski definition) is 3. The molecule has 1 aliphatic heterocycles. The number of H-pyrrole nitrogens is 2. The molecule has 0 unspecified atom stereocenters. The van der Waals surface area contributed by atoms with E-state index in [1.807, 2.05) is 18.6 Å². The summed E-state index contributed by atoms with van der Waals surface area (Å²) in [5.74, 6) is 1.46. The minimum absolute atomic E-state index is 0.150. The molecule has 1 saturated heterocycles. The SMILES string of the molecule is c1c[nH]c(CNC[C@@H]2CCCO[C@H]2c2cn[nH]c2)n1. The molecule has 2 aromatic rings. The van der Waals surface area contributed by atoms with Crippen LogP contribution in [0.2, 0.25) is 0 Å². The van der Waals surface area contributed by atoms with Gasteiger partial charge in [-0.25, -0.2) is 4.98 Å². The van der Waals surface area contributed by atoms with E-state index in [0.717, 1.165) is 37.5 Å². The molecule has 2 atom stereocenters. The van der Waals surface area contributed by atoms with E-state index in [-0.39, 0.29) is 6.10 Å². The third kappa shape index (κ3) is 3.02. The molecule has 102 valence electrons. The lowest BCUT2D eigenvalue weighted by molar-refractivity contribution is -0.0278. The fourth-order valence-corrected chi connectivity index (χ4v) is 2.61. The Morgan fingerprint density at radius 2 is 2.47 bits per heavy atom. The third-order valence-corrected chi connectivity index (χ3v) is 3.55. The Bertz CT molecular complexity index is 467. The van der Waals surface area contributed by atoms with Crippen LogP contribution in [-0.2, 0) is 11.3 Å². The van der Waals surface area contributed by atoms with Crippen molar-refractivity contribution in [2.24, 2.45) is 5.92 Å². The molecule has 0 aliphatic carbocycles. The topological polar surface area (TPSA) is 78.6 Å². The molecule has 6 heteroatoms. The first kappa shape index (κ1) is 12.4. The van der Waals surface area contributed by atoms with Gasteiger partial charge >= 0.3 is 0 Å². The summed E-state index contributed by atoms with van der Waals surface area (Å²) in [4.78, 5) is 7.30. The lowest BCUT2D eigenvalue weighted by atomic mass is 9.91. The number of rotatable bonds is 5. The largest absolute Gasteiger partial charge is 0.373 e. The monoisotopic (exact) mass is 261 g/mol. The van der Waals surface area contributed by atoms with Crippen LogP contribution in [-0.4, -0.2) is 33.3 Å². The minimum Gasteiger partial charge on any atom is -0.373 e. The van der Waals surface area contributed by atoms with Gasteiger partial charge in [0, 0.05) is 43.2 Å². The molecule has 0 aromatic carbocycles. The molecular weight excluding hydrogens is 242 g/mol. The number of aromatic nitrogens is 4. The third-order valence-electron chi connectivity index (χ3n) is 3.55. The fraction of sp³-hybridized carbons (Fsp3) is 0.538. The molecule has 0 saturated carbocycles. The van der Waals surface area contributed by atoms with Crippen molar-refractivity contribution < 1.29 is 4.74 Å². The van der Waals surface area contributed by atoms with E-state index in [2.05, 4.69) is 25.5 Å². The smallest absolute Gasteiger partial charge is 0.120 e. The average molecular weight is 261 g/mol. The maximum atomic E-state index is 5.90. The number of nitrogens with zero attached hydrogens (tertiary/aromatic N) is 2. The van der Waals surface area contributed by atoms with Crippen LogP contribution in [0.5, 0.6) is 0 Å². The highest BCUT2D eigenvalue weighted by Crippen LogP contribution is 2.32. The molecule has 1 aliphatic rings. The lowest BCUT2D eigenvalue weighted by Crippen LogP contribution is -2.31. The lowest BCUT2D eigenvalue weighted by Gasteiger charge is -2.31. The van der Waals surface area contributed by atoms with Gasteiger partial charge in [-0.2, -0.15) is 5.10 Å². The summed E-state index contributed by atoms with van der Waals surface area (Å²) < 4.78 is 5.90. The van der Waals surface area contributed by atoms with E-state index in [9.17, 15) is 0 Å². The van der Waals surface area contributed by atoms with Crippen LogP contribution in [0.15, 0.2) is 24.8 Å². The van der Waals surface area contributed by atoms with Gasteiger partial charge in [-0.1, -0.05) is 0 Å². The van der Waals surface area contributed by atoms with Crippen LogP contribution in [0, 0.1) is 5.92 Å². The van der Waals surface area contributed by atoms with Crippen molar-refractivity contribution in [1.29, 1.82) is 0 Å². The van der Waals surface area contributed by atoms with Crippen molar-refractivity contribution in [2.75, 3.05) is 13.2 Å². The first-order chi connectivity index (χ1) is 9.43. The van der Waals surface area contributed by atoms with Gasteiger partial charge in [0.25, 0.3) is 0 Å². The number of nitrogens with one attached hydrogen (secondary N) is 3. The van der Waals surface area contributed by atoms with E-state index < -0.39 is 0 Å². The van der Waals surface area contributed by atoms with Gasteiger partial charge in [0.15, 0.2) is 0 Å². The van der Waals surface area contributed by atoms with E-state index in [1.54, 1.807) is 6.20 Å². The van der Waals surface area contributed by atoms with Crippen LogP contribution in [0.1, 0.15) is 30.3 Å². The maximum Gasteiger partial charge on any atom is 0.120 e. The van der Waals surface area contributed by atoms with Crippen molar-refractivity contribution in [3.63, 3.8) is 0 Å². The van der Waals surface area contributed by atoms with Crippen molar-refractivity contribution in [3.05, 3.63) is 36.2 Å². The summed E-state index contributed by atoms with van der Waals surface area (Å²) in [6.07, 6.45) is 9.86. The van der Waals surface area contributed by atoms with Crippen molar-refractivity contribution in [3.8, 4) is 0 Å². The standard InChI is InChI=1S/C13H19N5O/c1-2-10(6-14-9-12-15-3-4-16-12)13(19-5-1)11-7-17-18-8-11/h3-4,7-8,10,13-14H,1-2,5-6,9H2,(H,15,16)(H,17,18)/t10-,13+/m0/s1. The summed E-state index contributed by atoms with van der Waals surface area (Å²) in [5, 5.41) is 10.3. The summed E-state index contributed by atoms with van der Waals surface area (Å²) in [6, 6.07) is 0. The zero-order chi connectivity index (χ0) is 12.9. The second kappa shape index (κ2) is 5.99. The predicted molar refractivity (Wildman–Crippen MR) is 70.3 cm³/mol. The Hall–Kier alpha value is -1.66. The number of imidazole rings is 1. The Balaban J connectivity index is 1.55. The highest BCUT2D eigenvalue weighted by atomic mass is 16.5. The number of ether oxygens (including phenoxy) is 1. The Kier molecular flexibility index (Phi) is 3.90. The molecule has 0 spiro atoms. The van der Waals surface area contributed by atoms with Gasteiger partial charge in [-0.3, -0.25) is 5.10 Å². The number of hydrogen-bond acceptors (Lipinski definition) is 4. The normalized spacial score (nSPS) is 23.6. The highest BCUT2D eigenvalue weighted by Gasteiger charge is 2.27. The van der Waals surface area contributed by atoms with Gasteiger partial charge in [0.05, 0.1) is 18.8 Å². The van der Waals surface area contributed by atoms with E-state index in [0.29, 0.717) is 5.92 Å². The fourth-order valence-electron chi connectivity index (χ4n) is 2.61. The van der Waals surface area contributed by atoms with Crippen LogP contribution < -0.4 is 5.32 Å². The zero-order valence-corrected chi connectivity index (χ0v) is 10.8. The van der Waals surface area contributed by atoms with E-state index in [1.165, 1.54) is 6.42 Å². The molecule has 0 amide bonds. The Morgan fingerprint density at radius 1 is 1.47 bits per heavy atom. The van der Waals surface area contributed by atoms with Crippen molar-refractivity contribution >= 4 is 0 Å². The molecule has 0 bridgehead atoms. The molecule has 0 radical (unpaired) electrons. The molecule has 19 heavy (non-hydrogen) atoms. The Morgan fingerprint density at radius 3 is 3.26 bits per heavy atom. The number of aromatic amines is 2. The molecule has 3 N–H and O–H groups in total. The minimum atomic E-state index is 0.150. The van der Waals surface area contributed by atoms with Gasteiger partial charge in [-0.05, 0) is 12.8 Å². The molecular formula is C13H19N5O. The maximum absolute atomic E-state index is 5.90. The average Bonchev–Trinajstić information content (AvgIpc) is 3.12. The second-order valence-corrected chi connectivity index (χ2v) is 4.89. The summed E-state index contributed by atoms with van der Waals surface area (Å²) in [5.41, 5.74) is 1.14. The van der Waals surface area contributed by atoms with Crippen molar-refractivity contribution in [1.82, 2.24) is 25.5 Å². The van der Waals surface area contributed by atoms with Crippen molar-refractivity contribution in [2.45, 2.75) is 25.5 Å². The van der Waals surface area contributed by atoms with Crippen LogP contribution in [0.25, 0.3) is 0 Å². The van der Waals surface area contributed by atoms with Gasteiger partial charge in [-0.15, -0.1) is 0 Å². The first-order valence-corrected chi connectivity index (χ1v) is 6.73. The summed E-state index contributed by atoms with van der Waals surface area (Å²) >= 11 is 0. The molecule has 3 rings (SSSR count). The first-order valence-electron chi connectivity index (χ1n) is 6.73. The summed E-state index contributed by atoms with van der Waals surface area (Å²) in [6.45, 7) is 2.53. The predicted octanol–water partition coefficient (Wildman–Crippen LogP) is 1.39. The van der Waals surface area contributed by atoms with Crippen LogP contribution >= 0.6 is 0 Å². The van der Waals surface area contributed by atoms with Gasteiger partial charge in [0.1, 0.15) is 5.82 Å². The van der Waals surface area contributed by atoms with Gasteiger partial charge < -0.3 is 15.0 Å². The Labute approximate surface area is 112 Å². The van der Waals surface area contributed by atoms with Gasteiger partial charge in [0.2, 0.25) is 0 Å². The summed E-state index contributed by atoms with van der Waals surface area (Å²) in [7, 11) is 0. The zero-order valence-electron chi connectivity index (χ0n) is 10.8. The van der Waals surface area contributed by atoms with Crippen LogP contribution in [0.3, 0.4) is 0 Å². The molecule has 3 heterocycles. The molecule has 6 nitrogen and oxygen atoms in total. The van der Waals surface area contributed by atoms with Crippen LogP contribution in [0.4, 0.5) is 0 Å². The highest BCUT2D eigenvalue weighted by molar-refractivity contribution is 5.09. The second-order valence-electron chi connectivity index (χ2n) is 4.89. The van der Waals surface area contributed by atoms with E-state index in [4.69, 9.17) is 4.74 Å². The molecule has 2 aromatic heterocycles. The quantitative estimate of drug-likeness (QED) is 0.760. The molecule has 1 fully saturated rings. The van der Waals surface area contributed by atoms with E-state index >= 15 is 0 Å².